The fourth-order valence-corrected chi connectivity index (χ4v) is 3.16. The molecule has 1 aromatic carbocycles. The van der Waals surface area contributed by atoms with Crippen molar-refractivity contribution >= 4 is 28.3 Å². The minimum absolute atomic E-state index is 0.231. The van der Waals surface area contributed by atoms with Crippen LogP contribution in [0.3, 0.4) is 0 Å². The van der Waals surface area contributed by atoms with Gasteiger partial charge in [-0.25, -0.2) is 0 Å². The van der Waals surface area contributed by atoms with Crippen LogP contribution >= 0.6 is 11.6 Å². The molecule has 5 nitrogen and oxygen atoms in total. The summed E-state index contributed by atoms with van der Waals surface area (Å²) in [4.78, 5) is 24.9. The van der Waals surface area contributed by atoms with Crippen LogP contribution in [-0.4, -0.2) is 14.9 Å². The summed E-state index contributed by atoms with van der Waals surface area (Å²) in [5.41, 5.74) is -1.01. The zero-order valence-corrected chi connectivity index (χ0v) is 15.1. The van der Waals surface area contributed by atoms with Gasteiger partial charge >= 0.3 is 6.18 Å². The number of rotatable bonds is 5. The van der Waals surface area contributed by atoms with E-state index in [1.54, 1.807) is 35.0 Å². The molecule has 2 heterocycles. The third-order valence-electron chi connectivity index (χ3n) is 4.24. The highest BCUT2D eigenvalue weighted by Crippen LogP contribution is 2.30. The first-order valence-corrected chi connectivity index (χ1v) is 8.55. The molecule has 0 aliphatic rings. The van der Waals surface area contributed by atoms with Crippen LogP contribution in [0.25, 0.3) is 10.9 Å². The monoisotopic (exact) mass is 407 g/mol. The smallest absolute Gasteiger partial charge is 0.346 e. The number of aromatic nitrogens is 2. The fraction of sp³-hybridized carbons (Fsp3) is 0.211. The number of pyridine rings is 1. The number of fused-ring (bicyclic) bond motifs is 1. The van der Waals surface area contributed by atoms with Gasteiger partial charge in [0.15, 0.2) is 5.78 Å². The molecule has 0 spiro atoms. The predicted molar refractivity (Wildman–Crippen MR) is 97.2 cm³/mol. The Bertz CT molecular complexity index is 1160. The van der Waals surface area contributed by atoms with E-state index in [2.05, 4.69) is 0 Å². The van der Waals surface area contributed by atoms with Crippen molar-refractivity contribution in [2.45, 2.75) is 25.7 Å². The molecule has 0 unspecified atom stereocenters. The van der Waals surface area contributed by atoms with Gasteiger partial charge in [-0.1, -0.05) is 29.8 Å². The summed E-state index contributed by atoms with van der Waals surface area (Å²) >= 11 is 5.63. The topological polar surface area (TPSA) is 67.8 Å². The molecule has 0 N–H and O–H groups in total. The van der Waals surface area contributed by atoms with Crippen molar-refractivity contribution in [3.8, 4) is 6.07 Å². The number of carbonyl (C=O) groups excluding carboxylic acids is 1. The number of nitrogens with zero attached hydrogens (tertiary/aromatic N) is 3. The first-order valence-electron chi connectivity index (χ1n) is 8.17. The van der Waals surface area contributed by atoms with Crippen LogP contribution in [0.2, 0.25) is 5.02 Å². The lowest BCUT2D eigenvalue weighted by atomic mass is 10.1. The first kappa shape index (κ1) is 19.7. The zero-order valence-electron chi connectivity index (χ0n) is 14.3. The number of hydrogen-bond acceptors (Lipinski definition) is 3. The molecular formula is C19H13ClF3N3O2. The van der Waals surface area contributed by atoms with Gasteiger partial charge in [-0.15, -0.1) is 0 Å². The Morgan fingerprint density at radius 3 is 2.57 bits per heavy atom. The maximum Gasteiger partial charge on any atom is 0.417 e. The normalized spacial score (nSPS) is 11.5. The van der Waals surface area contributed by atoms with Gasteiger partial charge in [0, 0.05) is 35.4 Å². The Balaban J connectivity index is 2.02. The lowest BCUT2D eigenvalue weighted by Gasteiger charge is -2.11. The Hall–Kier alpha value is -3.05. The van der Waals surface area contributed by atoms with Crippen molar-refractivity contribution < 1.29 is 18.0 Å². The lowest BCUT2D eigenvalue weighted by molar-refractivity contribution is -0.138. The predicted octanol–water partition coefficient (Wildman–Crippen LogP) is 4.27. The molecule has 2 aromatic heterocycles. The molecule has 0 atom stereocenters. The maximum absolute atomic E-state index is 13.0. The van der Waals surface area contributed by atoms with Gasteiger partial charge in [0.05, 0.1) is 24.6 Å². The van der Waals surface area contributed by atoms with Crippen molar-refractivity contribution in [1.29, 1.82) is 5.26 Å². The number of carbonyl (C=O) groups is 1. The van der Waals surface area contributed by atoms with E-state index in [0.717, 1.165) is 5.52 Å². The Morgan fingerprint density at radius 2 is 1.89 bits per heavy atom. The SMILES string of the molecule is N#CCCn1cc(C(=O)Cn2cc(C(F)(F)F)cc(Cl)c2=O)c2ccccc21. The Labute approximate surface area is 162 Å². The standard InChI is InChI=1S/C19H13ClF3N3O2/c20-15-8-12(19(21,22)23)9-26(18(15)28)11-17(27)14-10-25(7-3-6-24)16-5-2-1-4-13(14)16/h1-2,4-5,8-10H,3,7,11H2. The van der Waals surface area contributed by atoms with Crippen LogP contribution in [0.1, 0.15) is 22.3 Å². The average Bonchev–Trinajstić information content (AvgIpc) is 3.01. The molecular weight excluding hydrogens is 395 g/mol. The molecule has 144 valence electrons. The van der Waals surface area contributed by atoms with Gasteiger partial charge < -0.3 is 9.13 Å². The molecule has 0 aliphatic heterocycles. The van der Waals surface area contributed by atoms with Crippen molar-refractivity contribution in [3.05, 3.63) is 69.2 Å². The molecule has 0 saturated heterocycles. The number of nitriles is 1. The third-order valence-corrected chi connectivity index (χ3v) is 4.51. The fourth-order valence-electron chi connectivity index (χ4n) is 2.94. The number of para-hydroxylation sites is 1. The summed E-state index contributed by atoms with van der Waals surface area (Å²) < 4.78 is 41.3. The zero-order chi connectivity index (χ0) is 20.5. The number of hydrogen-bond donors (Lipinski definition) is 0. The van der Waals surface area contributed by atoms with Crippen molar-refractivity contribution in [1.82, 2.24) is 9.13 Å². The summed E-state index contributed by atoms with van der Waals surface area (Å²) in [5.74, 6) is -0.538. The van der Waals surface area contributed by atoms with Crippen LogP contribution in [-0.2, 0) is 19.3 Å². The second kappa shape index (κ2) is 7.52. The van der Waals surface area contributed by atoms with E-state index < -0.39 is 34.6 Å². The highest BCUT2D eigenvalue weighted by molar-refractivity contribution is 6.30. The van der Waals surface area contributed by atoms with Gasteiger partial charge in [-0.05, 0) is 12.1 Å². The van der Waals surface area contributed by atoms with E-state index in [1.807, 2.05) is 6.07 Å². The molecule has 0 saturated carbocycles. The third kappa shape index (κ3) is 3.80. The highest BCUT2D eigenvalue weighted by atomic mass is 35.5. The molecule has 0 aliphatic carbocycles. The quantitative estimate of drug-likeness (QED) is 0.593. The summed E-state index contributed by atoms with van der Waals surface area (Å²) in [6.45, 7) is -0.228. The Morgan fingerprint density at radius 1 is 1.18 bits per heavy atom. The van der Waals surface area contributed by atoms with Crippen LogP contribution in [0.5, 0.6) is 0 Å². The average molecular weight is 408 g/mol. The van der Waals surface area contributed by atoms with Crippen molar-refractivity contribution in [2.75, 3.05) is 0 Å². The van der Waals surface area contributed by atoms with Gasteiger partial charge in [-0.3, -0.25) is 9.59 Å². The van der Waals surface area contributed by atoms with Gasteiger partial charge in [-0.2, -0.15) is 18.4 Å². The van der Waals surface area contributed by atoms with E-state index in [0.29, 0.717) is 28.8 Å². The van der Waals surface area contributed by atoms with Crippen molar-refractivity contribution in [3.63, 3.8) is 0 Å². The lowest BCUT2D eigenvalue weighted by Crippen LogP contribution is -2.26. The van der Waals surface area contributed by atoms with E-state index in [9.17, 15) is 22.8 Å². The van der Waals surface area contributed by atoms with E-state index >= 15 is 0 Å². The van der Waals surface area contributed by atoms with Crippen LogP contribution < -0.4 is 5.56 Å². The number of aryl methyl sites for hydroxylation is 1. The summed E-state index contributed by atoms with van der Waals surface area (Å²) in [6, 6.07) is 9.54. The molecule has 0 amide bonds. The second-order valence-electron chi connectivity index (χ2n) is 6.09. The molecule has 0 fully saturated rings. The molecule has 3 aromatic rings. The van der Waals surface area contributed by atoms with Crippen LogP contribution in [0.4, 0.5) is 13.2 Å². The van der Waals surface area contributed by atoms with E-state index in [4.69, 9.17) is 16.9 Å². The van der Waals surface area contributed by atoms with E-state index in [-0.39, 0.29) is 12.0 Å². The minimum atomic E-state index is -4.70. The first-order chi connectivity index (χ1) is 13.2. The number of halogens is 4. The van der Waals surface area contributed by atoms with Crippen molar-refractivity contribution in [2.24, 2.45) is 0 Å². The number of Topliss-reactive ketones (excluding diaryl/α,β-unsaturated/α-hetero) is 1. The molecule has 0 radical (unpaired) electrons. The van der Waals surface area contributed by atoms with E-state index in [1.165, 1.54) is 0 Å². The maximum atomic E-state index is 13.0. The number of benzene rings is 1. The van der Waals surface area contributed by atoms with Crippen LogP contribution in [0, 0.1) is 11.3 Å². The summed E-state index contributed by atoms with van der Waals surface area (Å²) in [7, 11) is 0. The second-order valence-corrected chi connectivity index (χ2v) is 6.50. The molecule has 3 rings (SSSR count). The van der Waals surface area contributed by atoms with Gasteiger partial charge in [0.1, 0.15) is 5.02 Å². The summed E-state index contributed by atoms with van der Waals surface area (Å²) in [6.07, 6.45) is -2.34. The minimum Gasteiger partial charge on any atom is -0.346 e. The highest BCUT2D eigenvalue weighted by Gasteiger charge is 2.32. The number of alkyl halides is 3. The largest absolute Gasteiger partial charge is 0.417 e. The van der Waals surface area contributed by atoms with Gasteiger partial charge in [0.25, 0.3) is 5.56 Å². The molecule has 28 heavy (non-hydrogen) atoms. The molecule has 0 bridgehead atoms. The molecule has 9 heteroatoms. The Kier molecular flexibility index (Phi) is 5.29. The summed E-state index contributed by atoms with van der Waals surface area (Å²) in [5, 5.41) is 8.77. The van der Waals surface area contributed by atoms with Gasteiger partial charge in [0.2, 0.25) is 0 Å². The van der Waals surface area contributed by atoms with Crippen LogP contribution in [0.15, 0.2) is 47.5 Å². The number of ketones is 1.